The molecule has 0 aliphatic carbocycles. The molecule has 0 saturated carbocycles. The van der Waals surface area contributed by atoms with E-state index in [0.29, 0.717) is 12.8 Å². The van der Waals surface area contributed by atoms with Crippen molar-refractivity contribution in [3.8, 4) is 5.75 Å². The number of nitrogens with zero attached hydrogens (tertiary/aromatic N) is 2. The quantitative estimate of drug-likeness (QED) is 0.726. The van der Waals surface area contributed by atoms with Gasteiger partial charge in [-0.15, -0.1) is 0 Å². The smallest absolute Gasteiger partial charge is 0.224 e. The van der Waals surface area contributed by atoms with Crippen LogP contribution >= 0.6 is 15.9 Å². The molecule has 28 heavy (non-hydrogen) atoms. The number of aryl methyl sites for hydroxylation is 2. The van der Waals surface area contributed by atoms with E-state index in [1.54, 1.807) is 7.11 Å². The van der Waals surface area contributed by atoms with Crippen LogP contribution in [0.15, 0.2) is 40.9 Å². The van der Waals surface area contributed by atoms with Crippen LogP contribution < -0.4 is 15.0 Å². The number of carbonyl (C=O) groups is 1. The highest BCUT2D eigenvalue weighted by molar-refractivity contribution is 9.10. The zero-order chi connectivity index (χ0) is 20.1. The number of methoxy groups -OCH3 is 1. The lowest BCUT2D eigenvalue weighted by Gasteiger charge is -2.34. The van der Waals surface area contributed by atoms with Gasteiger partial charge in [-0.05, 0) is 77.8 Å². The average Bonchev–Trinajstić information content (AvgIpc) is 2.68. The number of amides is 1. The number of nitrogens with one attached hydrogen (secondary N) is 1. The van der Waals surface area contributed by atoms with Crippen LogP contribution in [0.4, 0.5) is 11.4 Å². The summed E-state index contributed by atoms with van der Waals surface area (Å²) in [6, 6.07) is 12.2. The Hall–Kier alpha value is -2.05. The number of benzene rings is 2. The first-order valence-electron chi connectivity index (χ1n) is 9.62. The van der Waals surface area contributed by atoms with Crippen LogP contribution in [-0.2, 0) is 11.2 Å². The number of carbonyl (C=O) groups excluding carboxylic acids is 1. The van der Waals surface area contributed by atoms with Gasteiger partial charge in [-0.25, -0.2) is 0 Å². The third-order valence-electron chi connectivity index (χ3n) is 5.21. The van der Waals surface area contributed by atoms with Crippen molar-refractivity contribution in [2.24, 2.45) is 0 Å². The van der Waals surface area contributed by atoms with Crippen LogP contribution in [0.2, 0.25) is 0 Å². The topological polar surface area (TPSA) is 44.8 Å². The summed E-state index contributed by atoms with van der Waals surface area (Å²) in [6.45, 7) is 6.30. The molecule has 1 fully saturated rings. The van der Waals surface area contributed by atoms with Crippen molar-refractivity contribution in [1.29, 1.82) is 0 Å². The monoisotopic (exact) mass is 445 g/mol. The Labute approximate surface area is 175 Å². The summed E-state index contributed by atoms with van der Waals surface area (Å²) in [5.41, 5.74) is 4.31. The fourth-order valence-corrected chi connectivity index (χ4v) is 3.97. The molecule has 1 aliphatic rings. The van der Waals surface area contributed by atoms with Gasteiger partial charge in [0.15, 0.2) is 0 Å². The second kappa shape index (κ2) is 9.43. The van der Waals surface area contributed by atoms with Crippen LogP contribution in [0.1, 0.15) is 17.5 Å². The van der Waals surface area contributed by atoms with Crippen LogP contribution in [0.3, 0.4) is 0 Å². The summed E-state index contributed by atoms with van der Waals surface area (Å²) < 4.78 is 6.15. The molecule has 5 nitrogen and oxygen atoms in total. The number of piperazine rings is 1. The van der Waals surface area contributed by atoms with Gasteiger partial charge >= 0.3 is 0 Å². The molecule has 1 amide bonds. The Morgan fingerprint density at radius 2 is 1.89 bits per heavy atom. The maximum absolute atomic E-state index is 12.4. The second-order valence-corrected chi connectivity index (χ2v) is 8.16. The van der Waals surface area contributed by atoms with Gasteiger partial charge in [-0.2, -0.15) is 0 Å². The fourth-order valence-electron chi connectivity index (χ4n) is 3.39. The Morgan fingerprint density at radius 1 is 1.14 bits per heavy atom. The summed E-state index contributed by atoms with van der Waals surface area (Å²) in [5.74, 6) is 0.826. The molecule has 0 aromatic heterocycles. The van der Waals surface area contributed by atoms with Gasteiger partial charge in [-0.1, -0.05) is 6.07 Å². The molecular weight excluding hydrogens is 418 g/mol. The summed E-state index contributed by atoms with van der Waals surface area (Å²) in [5, 5.41) is 3.05. The van der Waals surface area contributed by atoms with Crippen molar-refractivity contribution in [2.75, 3.05) is 50.6 Å². The average molecular weight is 446 g/mol. The summed E-state index contributed by atoms with van der Waals surface area (Å²) in [4.78, 5) is 17.2. The summed E-state index contributed by atoms with van der Waals surface area (Å²) in [7, 11) is 3.80. The van der Waals surface area contributed by atoms with E-state index < -0.39 is 0 Å². The molecule has 150 valence electrons. The van der Waals surface area contributed by atoms with E-state index in [4.69, 9.17) is 4.74 Å². The SMILES string of the molecule is COc1ccc(CCC(=O)Nc2ccc(N3CCN(C)CC3)cc2C)cc1Br. The lowest BCUT2D eigenvalue weighted by molar-refractivity contribution is -0.116. The van der Waals surface area contributed by atoms with Crippen LogP contribution in [0, 0.1) is 6.92 Å². The first-order chi connectivity index (χ1) is 13.5. The predicted octanol–water partition coefficient (Wildman–Crippen LogP) is 4.09. The number of anilines is 2. The molecule has 6 heteroatoms. The molecule has 0 bridgehead atoms. The second-order valence-electron chi connectivity index (χ2n) is 7.31. The fraction of sp³-hybridized carbons (Fsp3) is 0.409. The van der Waals surface area contributed by atoms with Gasteiger partial charge in [0.1, 0.15) is 5.75 Å². The van der Waals surface area contributed by atoms with E-state index in [-0.39, 0.29) is 5.91 Å². The Bertz CT molecular complexity index is 833. The standard InChI is InChI=1S/C22H28BrN3O2/c1-16-14-18(26-12-10-25(2)11-13-26)6-7-20(16)24-22(27)9-5-17-4-8-21(28-3)19(23)15-17/h4,6-8,14-15H,5,9-13H2,1-3H3,(H,24,27). The van der Waals surface area contributed by atoms with Crippen molar-refractivity contribution in [3.05, 3.63) is 52.0 Å². The molecule has 1 N–H and O–H groups in total. The normalized spacial score (nSPS) is 14.8. The predicted molar refractivity (Wildman–Crippen MR) is 119 cm³/mol. The molecule has 3 rings (SSSR count). The highest BCUT2D eigenvalue weighted by Gasteiger charge is 2.15. The van der Waals surface area contributed by atoms with E-state index in [9.17, 15) is 4.79 Å². The van der Waals surface area contributed by atoms with Crippen LogP contribution in [-0.4, -0.2) is 51.1 Å². The molecule has 0 spiro atoms. The minimum Gasteiger partial charge on any atom is -0.496 e. The van der Waals surface area contributed by atoms with E-state index in [1.165, 1.54) is 5.69 Å². The molecule has 2 aromatic rings. The lowest BCUT2D eigenvalue weighted by Crippen LogP contribution is -2.44. The third kappa shape index (κ3) is 5.26. The largest absolute Gasteiger partial charge is 0.496 e. The van der Waals surface area contributed by atoms with Gasteiger partial charge in [0.05, 0.1) is 11.6 Å². The van der Waals surface area contributed by atoms with E-state index in [2.05, 4.69) is 57.2 Å². The highest BCUT2D eigenvalue weighted by Crippen LogP contribution is 2.26. The van der Waals surface area contributed by atoms with Gasteiger partial charge in [-0.3, -0.25) is 4.79 Å². The number of likely N-dealkylation sites (N-methyl/N-ethyl adjacent to an activating group) is 1. The van der Waals surface area contributed by atoms with Crippen molar-refractivity contribution in [2.45, 2.75) is 19.8 Å². The molecule has 1 aliphatic heterocycles. The lowest BCUT2D eigenvalue weighted by atomic mass is 10.1. The maximum atomic E-state index is 12.4. The first-order valence-corrected chi connectivity index (χ1v) is 10.4. The summed E-state index contributed by atoms with van der Waals surface area (Å²) in [6.07, 6.45) is 1.13. The Morgan fingerprint density at radius 3 is 2.54 bits per heavy atom. The first kappa shape index (κ1) is 20.7. The molecular formula is C22H28BrN3O2. The van der Waals surface area contributed by atoms with E-state index >= 15 is 0 Å². The van der Waals surface area contributed by atoms with Crippen LogP contribution in [0.25, 0.3) is 0 Å². The minimum atomic E-state index is 0.0300. The van der Waals surface area contributed by atoms with Crippen molar-refractivity contribution in [3.63, 3.8) is 0 Å². The van der Waals surface area contributed by atoms with Crippen molar-refractivity contribution < 1.29 is 9.53 Å². The highest BCUT2D eigenvalue weighted by atomic mass is 79.9. The zero-order valence-electron chi connectivity index (χ0n) is 16.8. The van der Waals surface area contributed by atoms with Gasteiger partial charge in [0, 0.05) is 44.0 Å². The van der Waals surface area contributed by atoms with Crippen LogP contribution in [0.5, 0.6) is 5.75 Å². The van der Waals surface area contributed by atoms with Crippen molar-refractivity contribution >= 4 is 33.2 Å². The molecule has 0 atom stereocenters. The van der Waals surface area contributed by atoms with E-state index in [1.807, 2.05) is 24.3 Å². The Balaban J connectivity index is 1.56. The molecule has 2 aromatic carbocycles. The zero-order valence-corrected chi connectivity index (χ0v) is 18.4. The summed E-state index contributed by atoms with van der Waals surface area (Å²) >= 11 is 3.49. The molecule has 1 saturated heterocycles. The number of ether oxygens (including phenoxy) is 1. The molecule has 1 heterocycles. The number of hydrogen-bond acceptors (Lipinski definition) is 4. The van der Waals surface area contributed by atoms with Gasteiger partial charge in [0.25, 0.3) is 0 Å². The third-order valence-corrected chi connectivity index (χ3v) is 5.83. The van der Waals surface area contributed by atoms with E-state index in [0.717, 1.165) is 53.2 Å². The molecule has 0 unspecified atom stereocenters. The minimum absolute atomic E-state index is 0.0300. The maximum Gasteiger partial charge on any atom is 0.224 e. The number of halogens is 1. The Kier molecular flexibility index (Phi) is 6.97. The van der Waals surface area contributed by atoms with Gasteiger partial charge in [0.2, 0.25) is 5.91 Å². The molecule has 0 radical (unpaired) electrons. The van der Waals surface area contributed by atoms with Gasteiger partial charge < -0.3 is 19.9 Å². The van der Waals surface area contributed by atoms with Crippen molar-refractivity contribution in [1.82, 2.24) is 4.90 Å². The number of rotatable bonds is 6. The number of hydrogen-bond donors (Lipinski definition) is 1.